The molecule has 0 saturated heterocycles. The van der Waals surface area contributed by atoms with Gasteiger partial charge in [-0.25, -0.2) is 9.78 Å². The highest BCUT2D eigenvalue weighted by molar-refractivity contribution is 6.00. The van der Waals surface area contributed by atoms with Crippen LogP contribution in [0.15, 0.2) is 36.7 Å². The molecule has 7 heteroatoms. The van der Waals surface area contributed by atoms with Gasteiger partial charge in [0.05, 0.1) is 6.42 Å². The van der Waals surface area contributed by atoms with Crippen LogP contribution in [0.3, 0.4) is 0 Å². The fourth-order valence-corrected chi connectivity index (χ4v) is 1.98. The van der Waals surface area contributed by atoms with Gasteiger partial charge in [0.25, 0.3) is 0 Å². The minimum atomic E-state index is -1.54. The Balaban J connectivity index is 2.43. The molecule has 6 nitrogen and oxygen atoms in total. The van der Waals surface area contributed by atoms with Crippen molar-refractivity contribution in [2.24, 2.45) is 0 Å². The van der Waals surface area contributed by atoms with Gasteiger partial charge in [0.2, 0.25) is 10.5 Å². The molecule has 1 heterocycles. The molecule has 0 saturated carbocycles. The number of hydrogen-bond acceptors (Lipinski definition) is 4. The first kappa shape index (κ1) is 12.5. The molecule has 2 rings (SSSR count). The first-order chi connectivity index (χ1) is 8.69. The third kappa shape index (κ3) is 2.18. The fraction of sp³-hybridized carbons (Fsp3) is 0.182. The summed E-state index contributed by atoms with van der Waals surface area (Å²) in [6.45, 7) is 0. The van der Waals surface area contributed by atoms with E-state index in [9.17, 15) is 9.90 Å². The van der Waals surface area contributed by atoms with Gasteiger partial charge < -0.3 is 9.53 Å². The molecule has 0 fully saturated rings. The molecule has 3 radical (unpaired) electrons. The standard InChI is InChI=1S/C11H10N3O3Si/c15-10(16)11(17-18,6-9-12-7-13-14-9)8-4-2-1-3-5-8/h1-5,7H,6H2,(H,15,16)(H,12,13,14). The highest BCUT2D eigenvalue weighted by Crippen LogP contribution is 2.28. The number of aromatic nitrogens is 3. The largest absolute Gasteiger partial charge is 0.479 e. The van der Waals surface area contributed by atoms with Crippen molar-refractivity contribution in [2.75, 3.05) is 0 Å². The lowest BCUT2D eigenvalue weighted by atomic mass is 9.90. The summed E-state index contributed by atoms with van der Waals surface area (Å²) in [6, 6.07) is 8.67. The van der Waals surface area contributed by atoms with Crippen molar-refractivity contribution in [3.05, 3.63) is 48.0 Å². The molecule has 91 valence electrons. The lowest BCUT2D eigenvalue weighted by molar-refractivity contribution is -0.156. The molecule has 1 aromatic carbocycles. The number of carboxylic acid groups (broad SMARTS) is 1. The van der Waals surface area contributed by atoms with E-state index in [-0.39, 0.29) is 6.42 Å². The number of nitrogens with one attached hydrogen (secondary N) is 1. The van der Waals surface area contributed by atoms with Crippen molar-refractivity contribution >= 4 is 16.5 Å². The third-order valence-corrected chi connectivity index (χ3v) is 2.99. The molecule has 2 N–H and O–H groups in total. The number of hydrogen-bond donors (Lipinski definition) is 2. The van der Waals surface area contributed by atoms with Gasteiger partial charge in [-0.15, -0.1) is 0 Å². The maximum Gasteiger partial charge on any atom is 0.340 e. The Labute approximate surface area is 107 Å². The smallest absolute Gasteiger partial charge is 0.340 e. The topological polar surface area (TPSA) is 88.1 Å². The molecule has 0 aliphatic heterocycles. The van der Waals surface area contributed by atoms with Crippen LogP contribution in [-0.2, 0) is 21.2 Å². The maximum absolute atomic E-state index is 11.6. The van der Waals surface area contributed by atoms with Crippen molar-refractivity contribution in [3.63, 3.8) is 0 Å². The van der Waals surface area contributed by atoms with E-state index in [0.29, 0.717) is 11.4 Å². The summed E-state index contributed by atoms with van der Waals surface area (Å²) in [4.78, 5) is 15.5. The molecule has 18 heavy (non-hydrogen) atoms. The van der Waals surface area contributed by atoms with E-state index in [4.69, 9.17) is 4.43 Å². The zero-order valence-corrected chi connectivity index (χ0v) is 10.3. The zero-order chi connectivity index (χ0) is 13.0. The van der Waals surface area contributed by atoms with E-state index in [2.05, 4.69) is 25.7 Å². The van der Waals surface area contributed by atoms with Gasteiger partial charge in [0, 0.05) is 0 Å². The number of carbonyl (C=O) groups is 1. The van der Waals surface area contributed by atoms with Gasteiger partial charge in [-0.05, 0) is 5.56 Å². The van der Waals surface area contributed by atoms with Crippen molar-refractivity contribution < 1.29 is 14.3 Å². The molecule has 1 unspecified atom stereocenters. The van der Waals surface area contributed by atoms with Crippen molar-refractivity contribution in [1.82, 2.24) is 15.2 Å². The van der Waals surface area contributed by atoms with Crippen LogP contribution in [0, 0.1) is 0 Å². The zero-order valence-electron chi connectivity index (χ0n) is 9.33. The number of aliphatic carboxylic acids is 1. The molecule has 0 aliphatic rings. The highest BCUT2D eigenvalue weighted by atomic mass is 28.2. The summed E-state index contributed by atoms with van der Waals surface area (Å²) < 4.78 is 5.08. The van der Waals surface area contributed by atoms with Crippen LogP contribution in [0.1, 0.15) is 11.4 Å². The second kappa shape index (κ2) is 5.11. The van der Waals surface area contributed by atoms with Gasteiger partial charge in [0.15, 0.2) is 5.60 Å². The molecule has 0 aliphatic carbocycles. The van der Waals surface area contributed by atoms with Crippen molar-refractivity contribution in [3.8, 4) is 0 Å². The van der Waals surface area contributed by atoms with Crippen LogP contribution in [0.4, 0.5) is 0 Å². The van der Waals surface area contributed by atoms with Crippen LogP contribution in [0.25, 0.3) is 0 Å². The first-order valence-corrected chi connectivity index (χ1v) is 5.58. The minimum Gasteiger partial charge on any atom is -0.479 e. The summed E-state index contributed by atoms with van der Waals surface area (Å²) in [5, 5.41) is 15.8. The van der Waals surface area contributed by atoms with Gasteiger partial charge in [-0.2, -0.15) is 5.10 Å². The normalized spacial score (nSPS) is 14.1. The van der Waals surface area contributed by atoms with E-state index in [0.717, 1.165) is 0 Å². The number of rotatable bonds is 5. The molecule has 1 aromatic heterocycles. The summed E-state index contributed by atoms with van der Waals surface area (Å²) in [6.07, 6.45) is 1.36. The summed E-state index contributed by atoms with van der Waals surface area (Å²) in [5.74, 6) is -0.681. The summed E-state index contributed by atoms with van der Waals surface area (Å²) in [5.41, 5.74) is -1.03. The third-order valence-electron chi connectivity index (χ3n) is 2.64. The van der Waals surface area contributed by atoms with Crippen molar-refractivity contribution in [2.45, 2.75) is 12.0 Å². The Bertz CT molecular complexity index is 518. The number of H-pyrrole nitrogens is 1. The molecular formula is C11H10N3O3Si. The summed E-state index contributed by atoms with van der Waals surface area (Å²) >= 11 is 0. The van der Waals surface area contributed by atoms with Crippen molar-refractivity contribution in [1.29, 1.82) is 0 Å². The Morgan fingerprint density at radius 2 is 2.17 bits per heavy atom. The number of aromatic amines is 1. The van der Waals surface area contributed by atoms with Gasteiger partial charge >= 0.3 is 5.97 Å². The monoisotopic (exact) mass is 260 g/mol. The second-order valence-corrected chi connectivity index (χ2v) is 3.91. The average molecular weight is 260 g/mol. The Morgan fingerprint density at radius 1 is 1.44 bits per heavy atom. The lowest BCUT2D eigenvalue weighted by Crippen LogP contribution is -2.40. The lowest BCUT2D eigenvalue weighted by Gasteiger charge is -2.27. The SMILES string of the molecule is O=C(O)C(Cc1ncn[nH]1)(O[Si])c1ccccc1. The molecule has 0 spiro atoms. The second-order valence-electron chi connectivity index (χ2n) is 3.71. The number of carboxylic acids is 1. The average Bonchev–Trinajstić information content (AvgIpc) is 2.89. The van der Waals surface area contributed by atoms with Gasteiger partial charge in [0.1, 0.15) is 12.2 Å². The van der Waals surface area contributed by atoms with Crippen LogP contribution >= 0.6 is 0 Å². The number of benzene rings is 1. The van der Waals surface area contributed by atoms with E-state index in [1.54, 1.807) is 30.3 Å². The molecule has 0 amide bonds. The molecule has 2 aromatic rings. The van der Waals surface area contributed by atoms with Gasteiger partial charge in [-0.3, -0.25) is 5.10 Å². The van der Waals surface area contributed by atoms with Crippen LogP contribution < -0.4 is 0 Å². The predicted octanol–water partition coefficient (Wildman–Crippen LogP) is 0.427. The van der Waals surface area contributed by atoms with E-state index in [1.807, 2.05) is 0 Å². The Hall–Kier alpha value is -1.99. The van der Waals surface area contributed by atoms with Crippen LogP contribution in [0.2, 0.25) is 0 Å². The highest BCUT2D eigenvalue weighted by Gasteiger charge is 2.41. The van der Waals surface area contributed by atoms with E-state index < -0.39 is 11.6 Å². The number of nitrogens with zero attached hydrogens (tertiary/aromatic N) is 2. The fourth-order valence-electron chi connectivity index (χ4n) is 1.70. The predicted molar refractivity (Wildman–Crippen MR) is 62.7 cm³/mol. The summed E-state index contributed by atoms with van der Waals surface area (Å²) in [7, 11) is 2.87. The quantitative estimate of drug-likeness (QED) is 0.761. The molecule has 1 atom stereocenters. The van der Waals surface area contributed by atoms with Crippen LogP contribution in [-0.4, -0.2) is 36.7 Å². The first-order valence-electron chi connectivity index (χ1n) is 5.17. The van der Waals surface area contributed by atoms with Crippen LogP contribution in [0.5, 0.6) is 0 Å². The van der Waals surface area contributed by atoms with Gasteiger partial charge in [-0.1, -0.05) is 30.3 Å². The minimum absolute atomic E-state index is 0.0375. The maximum atomic E-state index is 11.6. The molecular weight excluding hydrogens is 250 g/mol. The van der Waals surface area contributed by atoms with E-state index in [1.165, 1.54) is 6.33 Å². The van der Waals surface area contributed by atoms with E-state index >= 15 is 0 Å². The Kier molecular flexibility index (Phi) is 3.54. The molecule has 0 bridgehead atoms. The Morgan fingerprint density at radius 3 is 2.67 bits per heavy atom.